The SMILES string of the molecule is NP(=O)([O-])O.[Na+]. The maximum Gasteiger partial charge on any atom is 1.00 e. The van der Waals surface area contributed by atoms with Crippen molar-refractivity contribution in [3.8, 4) is 0 Å². The van der Waals surface area contributed by atoms with E-state index in [2.05, 4.69) is 5.50 Å². The first-order valence-electron chi connectivity index (χ1n) is 0.823. The standard InChI is InChI=1S/H4NO3P.Na/c1-5(2,3)4;/h(H4,1,2,3,4);/q;+1/p-1. The van der Waals surface area contributed by atoms with Crippen molar-refractivity contribution in [1.29, 1.82) is 0 Å². The van der Waals surface area contributed by atoms with Crippen molar-refractivity contribution in [3.05, 3.63) is 0 Å². The molecule has 1 atom stereocenters. The Kier molecular flexibility index (Phi) is 5.35. The number of hydrogen-bond donors (Lipinski definition) is 2. The quantitative estimate of drug-likeness (QED) is 0.248. The number of rotatable bonds is 0. The Morgan fingerprint density at radius 3 is 1.83 bits per heavy atom. The third-order valence-electron chi connectivity index (χ3n) is 0. The molecule has 0 aromatic carbocycles. The van der Waals surface area contributed by atoms with Gasteiger partial charge in [0.05, 0.1) is 0 Å². The van der Waals surface area contributed by atoms with Gasteiger partial charge in [0, 0.05) is 0 Å². The molecule has 0 bridgehead atoms. The van der Waals surface area contributed by atoms with Crippen LogP contribution in [-0.2, 0) is 4.57 Å². The van der Waals surface area contributed by atoms with E-state index in [-0.39, 0.29) is 29.6 Å². The molecule has 3 N–H and O–H groups in total. The van der Waals surface area contributed by atoms with E-state index >= 15 is 0 Å². The van der Waals surface area contributed by atoms with Gasteiger partial charge in [-0.3, -0.25) is 10.1 Å². The topological polar surface area (TPSA) is 86.4 Å². The van der Waals surface area contributed by atoms with Crippen molar-refractivity contribution in [2.45, 2.75) is 0 Å². The monoisotopic (exact) mass is 119 g/mol. The molecule has 4 nitrogen and oxygen atoms in total. The van der Waals surface area contributed by atoms with Gasteiger partial charge in [-0.05, 0) is 0 Å². The van der Waals surface area contributed by atoms with Crippen molar-refractivity contribution >= 4 is 7.75 Å². The molecular formula is H3NNaO3P. The zero-order valence-electron chi connectivity index (χ0n) is 3.29. The third kappa shape index (κ3) is 70.1. The van der Waals surface area contributed by atoms with Crippen LogP contribution in [0.3, 0.4) is 0 Å². The van der Waals surface area contributed by atoms with Gasteiger partial charge in [0.25, 0.3) is 0 Å². The first-order chi connectivity index (χ1) is 2.00. The number of nitrogens with two attached hydrogens (primary N) is 1. The summed E-state index contributed by atoms with van der Waals surface area (Å²) in [5, 5.41) is 0. The van der Waals surface area contributed by atoms with Crippen molar-refractivity contribution in [2.24, 2.45) is 5.50 Å². The molecule has 0 radical (unpaired) electrons. The van der Waals surface area contributed by atoms with Crippen molar-refractivity contribution in [1.82, 2.24) is 0 Å². The predicted octanol–water partition coefficient (Wildman–Crippen LogP) is -4.59. The van der Waals surface area contributed by atoms with Crippen molar-refractivity contribution in [2.75, 3.05) is 0 Å². The fourth-order valence-electron chi connectivity index (χ4n) is 0. The molecule has 0 amide bonds. The van der Waals surface area contributed by atoms with E-state index in [0.717, 1.165) is 0 Å². The second-order valence-electron chi connectivity index (χ2n) is 0.564. The van der Waals surface area contributed by atoms with E-state index < -0.39 is 7.75 Å². The molecule has 0 spiro atoms. The zero-order chi connectivity index (χ0) is 4.50. The molecule has 0 saturated carbocycles. The van der Waals surface area contributed by atoms with E-state index in [1.807, 2.05) is 0 Å². The molecule has 6 heteroatoms. The average molecular weight is 119 g/mol. The van der Waals surface area contributed by atoms with Crippen molar-refractivity contribution in [3.63, 3.8) is 0 Å². The summed E-state index contributed by atoms with van der Waals surface area (Å²) in [5.41, 5.74) is 3.91. The molecular weight excluding hydrogens is 116 g/mol. The maximum absolute atomic E-state index is 8.99. The van der Waals surface area contributed by atoms with Crippen LogP contribution >= 0.6 is 7.75 Å². The molecule has 0 saturated heterocycles. The van der Waals surface area contributed by atoms with Gasteiger partial charge in [0.1, 0.15) is 0 Å². The minimum absolute atomic E-state index is 0. The van der Waals surface area contributed by atoms with Gasteiger partial charge in [0.2, 0.25) is 0 Å². The van der Waals surface area contributed by atoms with E-state index in [9.17, 15) is 0 Å². The molecule has 0 heterocycles. The minimum Gasteiger partial charge on any atom is -0.766 e. The summed E-state index contributed by atoms with van der Waals surface area (Å²) < 4.78 is 8.99. The van der Waals surface area contributed by atoms with E-state index in [4.69, 9.17) is 14.4 Å². The van der Waals surface area contributed by atoms with Gasteiger partial charge in [-0.15, -0.1) is 0 Å². The van der Waals surface area contributed by atoms with Crippen LogP contribution in [0.15, 0.2) is 0 Å². The fraction of sp³-hybridized carbons (Fsp3) is 0. The van der Waals surface area contributed by atoms with Gasteiger partial charge >= 0.3 is 29.6 Å². The maximum atomic E-state index is 8.99. The van der Waals surface area contributed by atoms with Crippen LogP contribution in [0.2, 0.25) is 0 Å². The summed E-state index contributed by atoms with van der Waals surface area (Å²) in [7, 11) is -4.39. The molecule has 0 rings (SSSR count). The summed E-state index contributed by atoms with van der Waals surface area (Å²) in [4.78, 5) is 16.3. The normalized spacial score (nSPS) is 17.8. The Labute approximate surface area is 57.2 Å². The molecule has 0 aliphatic carbocycles. The van der Waals surface area contributed by atoms with Gasteiger partial charge in [0.15, 0.2) is 7.75 Å². The summed E-state index contributed by atoms with van der Waals surface area (Å²) in [6, 6.07) is 0. The van der Waals surface area contributed by atoms with Crippen LogP contribution in [0.25, 0.3) is 0 Å². The first kappa shape index (κ1) is 10.2. The molecule has 6 heavy (non-hydrogen) atoms. The molecule has 0 aliphatic rings. The van der Waals surface area contributed by atoms with Crippen LogP contribution in [-0.4, -0.2) is 4.89 Å². The molecule has 0 aromatic rings. The van der Waals surface area contributed by atoms with Gasteiger partial charge < -0.3 is 9.79 Å². The molecule has 1 unspecified atom stereocenters. The summed E-state index contributed by atoms with van der Waals surface area (Å²) in [6.07, 6.45) is 0. The molecule has 32 valence electrons. The summed E-state index contributed by atoms with van der Waals surface area (Å²) >= 11 is 0. The summed E-state index contributed by atoms with van der Waals surface area (Å²) in [6.45, 7) is 0. The average Bonchev–Trinajstić information content (AvgIpc) is 0.722. The Morgan fingerprint density at radius 1 is 1.83 bits per heavy atom. The Bertz CT molecular complexity index is 56.9. The second-order valence-corrected chi connectivity index (χ2v) is 1.69. The van der Waals surface area contributed by atoms with E-state index in [0.29, 0.717) is 0 Å². The van der Waals surface area contributed by atoms with Crippen LogP contribution in [0.4, 0.5) is 0 Å². The van der Waals surface area contributed by atoms with Gasteiger partial charge in [-0.25, -0.2) is 0 Å². The Hall–Kier alpha value is 1.11. The number of hydrogen-bond acceptors (Lipinski definition) is 2. The van der Waals surface area contributed by atoms with Crippen molar-refractivity contribution < 1.29 is 43.9 Å². The van der Waals surface area contributed by atoms with Crippen LogP contribution in [0, 0.1) is 0 Å². The van der Waals surface area contributed by atoms with Gasteiger partial charge in [-0.2, -0.15) is 0 Å². The smallest absolute Gasteiger partial charge is 0.766 e. The Balaban J connectivity index is 0. The molecule has 0 aromatic heterocycles. The molecule has 0 aliphatic heterocycles. The zero-order valence-corrected chi connectivity index (χ0v) is 6.18. The minimum atomic E-state index is -4.39. The van der Waals surface area contributed by atoms with Gasteiger partial charge in [-0.1, -0.05) is 0 Å². The van der Waals surface area contributed by atoms with Crippen LogP contribution < -0.4 is 40.0 Å². The van der Waals surface area contributed by atoms with E-state index in [1.54, 1.807) is 0 Å². The van der Waals surface area contributed by atoms with Crippen LogP contribution in [0.1, 0.15) is 0 Å². The fourth-order valence-corrected chi connectivity index (χ4v) is 0. The summed E-state index contributed by atoms with van der Waals surface area (Å²) in [5.74, 6) is 0. The third-order valence-corrected chi connectivity index (χ3v) is 0. The predicted molar refractivity (Wildman–Crippen MR) is 14.0 cm³/mol. The first-order valence-corrected chi connectivity index (χ1v) is 2.47. The second kappa shape index (κ2) is 3.16. The Morgan fingerprint density at radius 2 is 1.83 bits per heavy atom. The van der Waals surface area contributed by atoms with E-state index in [1.165, 1.54) is 0 Å². The molecule has 0 fully saturated rings. The van der Waals surface area contributed by atoms with Crippen LogP contribution in [0.5, 0.6) is 0 Å². The largest absolute Gasteiger partial charge is 1.00 e.